The highest BCUT2D eigenvalue weighted by Gasteiger charge is 2.25. The van der Waals surface area contributed by atoms with E-state index in [-0.39, 0.29) is 16.5 Å². The van der Waals surface area contributed by atoms with Crippen LogP contribution in [0.4, 0.5) is 5.69 Å². The standard InChI is InChI=1S/C20H22N4O4S/c1-13-5-4-10-24(12-13)19(25)15-6-2-3-7-16(15)23-29(27,28)14-8-9-17-18(11-14)22-20(26)21-17/h2-3,6-9,11,13,23H,4-5,10,12H2,1H3,(H2,21,22,26)/t13-/m1/s1. The summed E-state index contributed by atoms with van der Waals surface area (Å²) in [4.78, 5) is 31.3. The number of aromatic nitrogens is 2. The zero-order valence-electron chi connectivity index (χ0n) is 15.9. The monoisotopic (exact) mass is 414 g/mol. The number of H-pyrrole nitrogens is 2. The van der Waals surface area contributed by atoms with Crippen LogP contribution in [-0.4, -0.2) is 42.3 Å². The van der Waals surface area contributed by atoms with Crippen molar-refractivity contribution in [2.75, 3.05) is 17.8 Å². The molecule has 3 N–H and O–H groups in total. The number of imidazole rings is 1. The maximum absolute atomic E-state index is 13.0. The molecule has 1 saturated heterocycles. The topological polar surface area (TPSA) is 115 Å². The number of amides is 1. The largest absolute Gasteiger partial charge is 0.338 e. The van der Waals surface area contributed by atoms with E-state index in [2.05, 4.69) is 21.6 Å². The highest BCUT2D eigenvalue weighted by molar-refractivity contribution is 7.92. The molecule has 152 valence electrons. The number of carbonyl (C=O) groups excluding carboxylic acids is 1. The van der Waals surface area contributed by atoms with E-state index >= 15 is 0 Å². The van der Waals surface area contributed by atoms with Gasteiger partial charge in [0.25, 0.3) is 15.9 Å². The lowest BCUT2D eigenvalue weighted by atomic mass is 9.99. The quantitative estimate of drug-likeness (QED) is 0.608. The Morgan fingerprint density at radius 3 is 2.69 bits per heavy atom. The van der Waals surface area contributed by atoms with Crippen molar-refractivity contribution in [1.82, 2.24) is 14.9 Å². The van der Waals surface area contributed by atoms with Gasteiger partial charge in [-0.2, -0.15) is 0 Å². The molecule has 8 nitrogen and oxygen atoms in total. The van der Waals surface area contributed by atoms with Gasteiger partial charge < -0.3 is 14.9 Å². The lowest BCUT2D eigenvalue weighted by Crippen LogP contribution is -2.39. The van der Waals surface area contributed by atoms with Crippen molar-refractivity contribution in [3.63, 3.8) is 0 Å². The highest BCUT2D eigenvalue weighted by Crippen LogP contribution is 2.25. The first-order valence-corrected chi connectivity index (χ1v) is 10.9. The number of fused-ring (bicyclic) bond motifs is 1. The number of hydrogen-bond acceptors (Lipinski definition) is 4. The summed E-state index contributed by atoms with van der Waals surface area (Å²) in [5.41, 5.74) is 1.06. The molecule has 0 aliphatic carbocycles. The van der Waals surface area contributed by atoms with Crippen LogP contribution in [0.3, 0.4) is 0 Å². The predicted octanol–water partition coefficient (Wildman–Crippen LogP) is 2.53. The number of sulfonamides is 1. The van der Waals surface area contributed by atoms with Crippen LogP contribution < -0.4 is 10.4 Å². The van der Waals surface area contributed by atoms with Crippen LogP contribution in [0.15, 0.2) is 52.2 Å². The van der Waals surface area contributed by atoms with E-state index in [1.165, 1.54) is 18.2 Å². The summed E-state index contributed by atoms with van der Waals surface area (Å²) >= 11 is 0. The van der Waals surface area contributed by atoms with E-state index in [1.54, 1.807) is 29.2 Å². The third-order valence-corrected chi connectivity index (χ3v) is 6.51. The van der Waals surface area contributed by atoms with Crippen molar-refractivity contribution < 1.29 is 13.2 Å². The third kappa shape index (κ3) is 3.91. The van der Waals surface area contributed by atoms with Crippen LogP contribution in [0.25, 0.3) is 11.0 Å². The molecule has 9 heteroatoms. The zero-order valence-corrected chi connectivity index (χ0v) is 16.8. The summed E-state index contributed by atoms with van der Waals surface area (Å²) in [6, 6.07) is 10.9. The average molecular weight is 414 g/mol. The van der Waals surface area contributed by atoms with Gasteiger partial charge in [0.05, 0.1) is 27.2 Å². The number of piperidine rings is 1. The van der Waals surface area contributed by atoms with E-state index in [4.69, 9.17) is 0 Å². The van der Waals surface area contributed by atoms with Crippen LogP contribution >= 0.6 is 0 Å². The van der Waals surface area contributed by atoms with Crippen LogP contribution in [-0.2, 0) is 10.0 Å². The summed E-state index contributed by atoms with van der Waals surface area (Å²) in [5.74, 6) is 0.243. The van der Waals surface area contributed by atoms with Crippen molar-refractivity contribution in [3.8, 4) is 0 Å². The Labute approximate surface area is 168 Å². The van der Waals surface area contributed by atoms with Crippen molar-refractivity contribution in [2.24, 2.45) is 5.92 Å². The van der Waals surface area contributed by atoms with Crippen LogP contribution in [0.2, 0.25) is 0 Å². The fraction of sp³-hybridized carbons (Fsp3) is 0.300. The van der Waals surface area contributed by atoms with E-state index < -0.39 is 15.7 Å². The molecular weight excluding hydrogens is 392 g/mol. The minimum absolute atomic E-state index is 0.00547. The number of anilines is 1. The molecule has 0 saturated carbocycles. The molecule has 1 aliphatic rings. The summed E-state index contributed by atoms with van der Waals surface area (Å²) in [5, 5.41) is 0. The fourth-order valence-corrected chi connectivity index (χ4v) is 4.79. The SMILES string of the molecule is C[C@@H]1CCCN(C(=O)c2ccccc2NS(=O)(=O)c2ccc3[nH]c(=O)[nH]c3c2)C1. The van der Waals surface area contributed by atoms with Gasteiger partial charge in [-0.25, -0.2) is 13.2 Å². The first-order valence-electron chi connectivity index (χ1n) is 9.47. The Hall–Kier alpha value is -3.07. The number of hydrogen-bond donors (Lipinski definition) is 3. The molecule has 1 amide bonds. The smallest absolute Gasteiger partial charge is 0.323 e. The molecule has 2 aromatic carbocycles. The maximum Gasteiger partial charge on any atom is 0.323 e. The Morgan fingerprint density at radius 1 is 1.14 bits per heavy atom. The Bertz CT molecular complexity index is 1230. The Balaban J connectivity index is 1.64. The summed E-state index contributed by atoms with van der Waals surface area (Å²) in [6.45, 7) is 3.44. The predicted molar refractivity (Wildman–Crippen MR) is 110 cm³/mol. The molecule has 0 unspecified atom stereocenters. The lowest BCUT2D eigenvalue weighted by Gasteiger charge is -2.31. The van der Waals surface area contributed by atoms with Gasteiger partial charge in [-0.15, -0.1) is 0 Å². The van der Waals surface area contributed by atoms with E-state index in [9.17, 15) is 18.0 Å². The highest BCUT2D eigenvalue weighted by atomic mass is 32.2. The number of para-hydroxylation sites is 1. The second-order valence-corrected chi connectivity index (χ2v) is 9.12. The molecular formula is C20H22N4O4S. The van der Waals surface area contributed by atoms with Gasteiger partial charge in [0.15, 0.2) is 0 Å². The molecule has 0 spiro atoms. The molecule has 2 heterocycles. The minimum Gasteiger partial charge on any atom is -0.338 e. The van der Waals surface area contributed by atoms with Crippen LogP contribution in [0.1, 0.15) is 30.1 Å². The van der Waals surface area contributed by atoms with Gasteiger partial charge >= 0.3 is 5.69 Å². The third-order valence-electron chi connectivity index (χ3n) is 5.14. The molecule has 1 aromatic heterocycles. The van der Waals surface area contributed by atoms with Gasteiger partial charge in [-0.1, -0.05) is 19.1 Å². The van der Waals surface area contributed by atoms with Crippen molar-refractivity contribution in [1.29, 1.82) is 0 Å². The molecule has 3 aromatic rings. The first kappa shape index (κ1) is 19.3. The summed E-state index contributed by atoms with van der Waals surface area (Å²) in [6.07, 6.45) is 2.03. The number of carbonyl (C=O) groups is 1. The normalized spacial score (nSPS) is 17.4. The van der Waals surface area contributed by atoms with Gasteiger partial charge in [0.1, 0.15) is 0 Å². The van der Waals surface area contributed by atoms with E-state index in [0.717, 1.165) is 12.8 Å². The number of rotatable bonds is 4. The molecule has 1 aliphatic heterocycles. The van der Waals surface area contributed by atoms with E-state index in [1.807, 2.05) is 0 Å². The van der Waals surface area contributed by atoms with Gasteiger partial charge in [0, 0.05) is 13.1 Å². The lowest BCUT2D eigenvalue weighted by molar-refractivity contribution is 0.0684. The minimum atomic E-state index is -3.95. The maximum atomic E-state index is 13.0. The van der Waals surface area contributed by atoms with Crippen molar-refractivity contribution in [2.45, 2.75) is 24.7 Å². The van der Waals surface area contributed by atoms with Crippen molar-refractivity contribution >= 4 is 32.7 Å². The number of aromatic amines is 2. The van der Waals surface area contributed by atoms with Gasteiger partial charge in [-0.05, 0) is 49.1 Å². The zero-order chi connectivity index (χ0) is 20.6. The molecule has 1 atom stereocenters. The van der Waals surface area contributed by atoms with Gasteiger partial charge in [-0.3, -0.25) is 9.52 Å². The van der Waals surface area contributed by atoms with Crippen LogP contribution in [0.5, 0.6) is 0 Å². The Kier molecular flexibility index (Phi) is 4.91. The molecule has 29 heavy (non-hydrogen) atoms. The first-order chi connectivity index (χ1) is 13.8. The van der Waals surface area contributed by atoms with E-state index in [0.29, 0.717) is 35.6 Å². The Morgan fingerprint density at radius 2 is 1.90 bits per heavy atom. The number of nitrogens with zero attached hydrogens (tertiary/aromatic N) is 1. The second kappa shape index (κ2) is 7.40. The summed E-state index contributed by atoms with van der Waals surface area (Å²) in [7, 11) is -3.95. The van der Waals surface area contributed by atoms with Crippen molar-refractivity contribution in [3.05, 3.63) is 58.5 Å². The number of benzene rings is 2. The van der Waals surface area contributed by atoms with Crippen LogP contribution in [0, 0.1) is 5.92 Å². The van der Waals surface area contributed by atoms with Gasteiger partial charge in [0.2, 0.25) is 0 Å². The fourth-order valence-electron chi connectivity index (χ4n) is 3.69. The molecule has 4 rings (SSSR count). The second-order valence-electron chi connectivity index (χ2n) is 7.44. The average Bonchev–Trinajstić information content (AvgIpc) is 3.07. The number of likely N-dealkylation sites (tertiary alicyclic amines) is 1. The molecule has 1 fully saturated rings. The number of nitrogens with one attached hydrogen (secondary N) is 3. The molecule has 0 radical (unpaired) electrons. The summed E-state index contributed by atoms with van der Waals surface area (Å²) < 4.78 is 28.4. The molecule has 0 bridgehead atoms.